The van der Waals surface area contributed by atoms with E-state index in [1.807, 2.05) is 4.90 Å². The molecule has 1 heterocycles. The van der Waals surface area contributed by atoms with Crippen LogP contribution < -0.4 is 10.5 Å². The van der Waals surface area contributed by atoms with Gasteiger partial charge in [-0.05, 0) is 30.2 Å². The Morgan fingerprint density at radius 1 is 1.32 bits per heavy atom. The van der Waals surface area contributed by atoms with Crippen molar-refractivity contribution >= 4 is 23.2 Å². The maximum Gasteiger partial charge on any atom is 0.257 e. The van der Waals surface area contributed by atoms with E-state index in [9.17, 15) is 4.79 Å². The Morgan fingerprint density at radius 3 is 2.41 bits per heavy atom. The predicted molar refractivity (Wildman–Crippen MR) is 90.5 cm³/mol. The fourth-order valence-corrected chi connectivity index (χ4v) is 3.19. The third-order valence-corrected chi connectivity index (χ3v) is 4.88. The van der Waals surface area contributed by atoms with Crippen LogP contribution in [-0.4, -0.2) is 31.0 Å². The SMILES string of the molecule is COc1cc(N)c(Cl)cc1C(=O)N1CCC(C(C)(C)C)CC1. The van der Waals surface area contributed by atoms with E-state index in [2.05, 4.69) is 20.8 Å². The summed E-state index contributed by atoms with van der Waals surface area (Å²) >= 11 is 6.06. The lowest BCUT2D eigenvalue weighted by Crippen LogP contribution is -2.41. The number of amides is 1. The Kier molecular flexibility index (Phi) is 4.90. The summed E-state index contributed by atoms with van der Waals surface area (Å²) in [5.74, 6) is 1.09. The fourth-order valence-electron chi connectivity index (χ4n) is 3.02. The van der Waals surface area contributed by atoms with Crippen LogP contribution in [0.25, 0.3) is 0 Å². The van der Waals surface area contributed by atoms with Crippen LogP contribution in [0.1, 0.15) is 44.0 Å². The molecule has 1 saturated heterocycles. The molecule has 5 heteroatoms. The number of benzene rings is 1. The van der Waals surface area contributed by atoms with Crippen LogP contribution in [0.2, 0.25) is 5.02 Å². The second-order valence-corrected chi connectivity index (χ2v) is 7.41. The van der Waals surface area contributed by atoms with E-state index < -0.39 is 0 Å². The number of carbonyl (C=O) groups is 1. The third kappa shape index (κ3) is 3.49. The van der Waals surface area contributed by atoms with Crippen LogP contribution in [-0.2, 0) is 0 Å². The lowest BCUT2D eigenvalue weighted by Gasteiger charge is -2.38. The third-order valence-electron chi connectivity index (χ3n) is 4.56. The smallest absolute Gasteiger partial charge is 0.257 e. The first-order chi connectivity index (χ1) is 10.2. The molecular weight excluding hydrogens is 300 g/mol. The molecule has 122 valence electrons. The van der Waals surface area contributed by atoms with Crippen molar-refractivity contribution in [3.8, 4) is 5.75 Å². The summed E-state index contributed by atoms with van der Waals surface area (Å²) in [4.78, 5) is 14.6. The molecule has 0 aliphatic carbocycles. The second-order valence-electron chi connectivity index (χ2n) is 7.01. The van der Waals surface area contributed by atoms with E-state index in [1.165, 1.54) is 7.11 Å². The van der Waals surface area contributed by atoms with Crippen molar-refractivity contribution in [2.45, 2.75) is 33.6 Å². The number of hydrogen-bond acceptors (Lipinski definition) is 3. The molecule has 2 rings (SSSR count). The summed E-state index contributed by atoms with van der Waals surface area (Å²) in [6, 6.07) is 3.21. The van der Waals surface area contributed by atoms with Gasteiger partial charge in [0.15, 0.2) is 0 Å². The van der Waals surface area contributed by atoms with Crippen LogP contribution in [0, 0.1) is 11.3 Å². The average Bonchev–Trinajstić information content (AvgIpc) is 2.48. The minimum absolute atomic E-state index is 0.0360. The van der Waals surface area contributed by atoms with E-state index in [0.717, 1.165) is 25.9 Å². The van der Waals surface area contributed by atoms with Gasteiger partial charge in [0.05, 0.1) is 23.4 Å². The van der Waals surface area contributed by atoms with Crippen molar-refractivity contribution in [1.82, 2.24) is 4.90 Å². The molecule has 2 N–H and O–H groups in total. The van der Waals surface area contributed by atoms with Crippen molar-refractivity contribution in [3.63, 3.8) is 0 Å². The molecular formula is C17H25ClN2O2. The molecule has 1 aromatic carbocycles. The minimum Gasteiger partial charge on any atom is -0.496 e. The Morgan fingerprint density at radius 2 is 1.91 bits per heavy atom. The van der Waals surface area contributed by atoms with Gasteiger partial charge in [-0.3, -0.25) is 4.79 Å². The number of carbonyl (C=O) groups excluding carboxylic acids is 1. The van der Waals surface area contributed by atoms with Crippen LogP contribution in [0.3, 0.4) is 0 Å². The molecule has 4 nitrogen and oxygen atoms in total. The Labute approximate surface area is 137 Å². The Balaban J connectivity index is 2.15. The average molecular weight is 325 g/mol. The Hall–Kier alpha value is -1.42. The molecule has 1 fully saturated rings. The lowest BCUT2D eigenvalue weighted by molar-refractivity contribution is 0.0605. The van der Waals surface area contributed by atoms with E-state index in [1.54, 1.807) is 12.1 Å². The highest BCUT2D eigenvalue weighted by molar-refractivity contribution is 6.33. The van der Waals surface area contributed by atoms with Gasteiger partial charge in [0.2, 0.25) is 0 Å². The first-order valence-corrected chi connectivity index (χ1v) is 8.04. The number of hydrogen-bond donors (Lipinski definition) is 1. The fraction of sp³-hybridized carbons (Fsp3) is 0.588. The van der Waals surface area contributed by atoms with E-state index in [4.69, 9.17) is 22.1 Å². The summed E-state index contributed by atoms with van der Waals surface area (Å²) in [6.07, 6.45) is 2.06. The highest BCUT2D eigenvalue weighted by Crippen LogP contribution is 2.35. The maximum atomic E-state index is 12.7. The number of halogens is 1. The van der Waals surface area contributed by atoms with Gasteiger partial charge < -0.3 is 15.4 Å². The molecule has 0 aromatic heterocycles. The molecule has 1 aliphatic rings. The summed E-state index contributed by atoms with van der Waals surface area (Å²) in [5.41, 5.74) is 6.96. The van der Waals surface area contributed by atoms with Gasteiger partial charge >= 0.3 is 0 Å². The highest BCUT2D eigenvalue weighted by atomic mass is 35.5. The molecule has 0 spiro atoms. The molecule has 0 saturated carbocycles. The van der Waals surface area contributed by atoms with Gasteiger partial charge in [0.25, 0.3) is 5.91 Å². The zero-order chi connectivity index (χ0) is 16.5. The molecule has 1 amide bonds. The molecule has 0 unspecified atom stereocenters. The van der Waals surface area contributed by atoms with Crippen molar-refractivity contribution in [2.75, 3.05) is 25.9 Å². The molecule has 1 aliphatic heterocycles. The van der Waals surface area contributed by atoms with E-state index in [0.29, 0.717) is 27.9 Å². The molecule has 0 atom stereocenters. The zero-order valence-electron chi connectivity index (χ0n) is 13.8. The summed E-state index contributed by atoms with van der Waals surface area (Å²) < 4.78 is 5.28. The van der Waals surface area contributed by atoms with Gasteiger partial charge in [-0.1, -0.05) is 32.4 Å². The van der Waals surface area contributed by atoms with Gasteiger partial charge in [0, 0.05) is 19.2 Å². The number of nitrogens with two attached hydrogens (primary N) is 1. The van der Waals surface area contributed by atoms with Crippen molar-refractivity contribution in [3.05, 3.63) is 22.7 Å². The zero-order valence-corrected chi connectivity index (χ0v) is 14.5. The van der Waals surface area contributed by atoms with Crippen LogP contribution in [0.5, 0.6) is 5.75 Å². The monoisotopic (exact) mass is 324 g/mol. The van der Waals surface area contributed by atoms with Crippen LogP contribution >= 0.6 is 11.6 Å². The summed E-state index contributed by atoms with van der Waals surface area (Å²) in [7, 11) is 1.53. The van der Waals surface area contributed by atoms with Crippen molar-refractivity contribution < 1.29 is 9.53 Å². The van der Waals surface area contributed by atoms with Gasteiger partial charge in [-0.15, -0.1) is 0 Å². The first-order valence-electron chi connectivity index (χ1n) is 7.66. The van der Waals surface area contributed by atoms with Crippen LogP contribution in [0.15, 0.2) is 12.1 Å². The van der Waals surface area contributed by atoms with Crippen molar-refractivity contribution in [1.29, 1.82) is 0 Å². The molecule has 1 aromatic rings. The lowest BCUT2D eigenvalue weighted by atomic mass is 9.75. The van der Waals surface area contributed by atoms with E-state index >= 15 is 0 Å². The number of piperidine rings is 1. The molecule has 0 radical (unpaired) electrons. The maximum absolute atomic E-state index is 12.7. The van der Waals surface area contributed by atoms with Gasteiger partial charge in [-0.2, -0.15) is 0 Å². The quantitative estimate of drug-likeness (QED) is 0.841. The second kappa shape index (κ2) is 6.37. The summed E-state index contributed by atoms with van der Waals surface area (Å²) in [6.45, 7) is 8.33. The minimum atomic E-state index is -0.0360. The number of anilines is 1. The number of nitrogens with zero attached hydrogens (tertiary/aromatic N) is 1. The van der Waals surface area contributed by atoms with Gasteiger partial charge in [-0.25, -0.2) is 0 Å². The molecule has 0 bridgehead atoms. The normalized spacial score (nSPS) is 16.7. The number of likely N-dealkylation sites (tertiary alicyclic amines) is 1. The largest absolute Gasteiger partial charge is 0.496 e. The predicted octanol–water partition coefficient (Wildman–Crippen LogP) is 3.83. The standard InChI is InChI=1S/C17H25ClN2O2/c1-17(2,3)11-5-7-20(8-6-11)16(21)12-9-13(18)14(19)10-15(12)22-4/h9-11H,5-8,19H2,1-4H3. The van der Waals surface area contributed by atoms with Gasteiger partial charge in [0.1, 0.15) is 5.75 Å². The Bertz CT molecular complexity index is 559. The molecule has 22 heavy (non-hydrogen) atoms. The number of ether oxygens (including phenoxy) is 1. The first kappa shape index (κ1) is 16.9. The number of methoxy groups -OCH3 is 1. The van der Waals surface area contributed by atoms with E-state index in [-0.39, 0.29) is 11.3 Å². The number of rotatable bonds is 2. The number of nitrogen functional groups attached to an aromatic ring is 1. The summed E-state index contributed by atoms with van der Waals surface area (Å²) in [5, 5.41) is 0.383. The van der Waals surface area contributed by atoms with Crippen LogP contribution in [0.4, 0.5) is 5.69 Å². The highest BCUT2D eigenvalue weighted by Gasteiger charge is 2.31. The topological polar surface area (TPSA) is 55.6 Å². The van der Waals surface area contributed by atoms with Crippen molar-refractivity contribution in [2.24, 2.45) is 11.3 Å².